The number of nitrogens with zero attached hydrogens (tertiary/aromatic N) is 1. The van der Waals surface area contributed by atoms with Crippen molar-refractivity contribution in [3.63, 3.8) is 0 Å². The van der Waals surface area contributed by atoms with E-state index in [1.807, 2.05) is 12.1 Å². The molecule has 0 bridgehead atoms. The maximum Gasteiger partial charge on any atom is 0.217 e. The van der Waals surface area contributed by atoms with Gasteiger partial charge in [0.15, 0.2) is 0 Å². The molecule has 1 atom stereocenters. The van der Waals surface area contributed by atoms with E-state index in [1.165, 1.54) is 11.1 Å². The highest BCUT2D eigenvalue weighted by atomic mass is 16.5. The molecule has 0 radical (unpaired) electrons. The second kappa shape index (κ2) is 6.31. The third-order valence-corrected chi connectivity index (χ3v) is 3.09. The first-order valence-corrected chi connectivity index (χ1v) is 6.25. The molecule has 1 aromatic carbocycles. The lowest BCUT2D eigenvalue weighted by atomic mass is 9.99. The number of nitrogens with one attached hydrogen (secondary N) is 1. The van der Waals surface area contributed by atoms with Crippen molar-refractivity contribution in [1.29, 1.82) is 0 Å². The molecule has 1 heterocycles. The standard InChI is InChI=1S/C15H19N3O/c1-11-5-3-6-12(9-11)10-14(18-16)13-7-4-8-17-15(13)19-2/h3-9,14,18H,10,16H2,1-2H3. The topological polar surface area (TPSA) is 60.2 Å². The highest BCUT2D eigenvalue weighted by Gasteiger charge is 2.15. The molecule has 0 aliphatic rings. The maximum absolute atomic E-state index is 5.68. The quantitative estimate of drug-likeness (QED) is 0.636. The van der Waals surface area contributed by atoms with E-state index in [1.54, 1.807) is 13.3 Å². The van der Waals surface area contributed by atoms with E-state index in [0.29, 0.717) is 5.88 Å². The second-order valence-corrected chi connectivity index (χ2v) is 4.51. The van der Waals surface area contributed by atoms with Crippen LogP contribution in [0.2, 0.25) is 0 Å². The lowest BCUT2D eigenvalue weighted by Gasteiger charge is -2.18. The fourth-order valence-corrected chi connectivity index (χ4v) is 2.17. The molecule has 1 unspecified atom stereocenters. The van der Waals surface area contributed by atoms with Gasteiger partial charge in [0.05, 0.1) is 13.2 Å². The molecule has 19 heavy (non-hydrogen) atoms. The Bertz CT molecular complexity index is 542. The lowest BCUT2D eigenvalue weighted by molar-refractivity contribution is 0.382. The minimum Gasteiger partial charge on any atom is -0.481 e. The van der Waals surface area contributed by atoms with Crippen LogP contribution in [0.4, 0.5) is 0 Å². The highest BCUT2D eigenvalue weighted by molar-refractivity contribution is 5.31. The van der Waals surface area contributed by atoms with Gasteiger partial charge < -0.3 is 4.74 Å². The number of aromatic nitrogens is 1. The maximum atomic E-state index is 5.68. The van der Waals surface area contributed by atoms with Gasteiger partial charge >= 0.3 is 0 Å². The van der Waals surface area contributed by atoms with Gasteiger partial charge in [-0.1, -0.05) is 35.9 Å². The predicted molar refractivity (Wildman–Crippen MR) is 75.7 cm³/mol. The first-order chi connectivity index (χ1) is 9.24. The zero-order valence-corrected chi connectivity index (χ0v) is 11.3. The number of nitrogens with two attached hydrogens (primary N) is 1. The second-order valence-electron chi connectivity index (χ2n) is 4.51. The molecule has 4 nitrogen and oxygen atoms in total. The number of rotatable bonds is 5. The Balaban J connectivity index is 2.25. The first kappa shape index (κ1) is 13.5. The van der Waals surface area contributed by atoms with Crippen molar-refractivity contribution in [2.45, 2.75) is 19.4 Å². The summed E-state index contributed by atoms with van der Waals surface area (Å²) in [5.74, 6) is 6.29. The van der Waals surface area contributed by atoms with E-state index in [-0.39, 0.29) is 6.04 Å². The van der Waals surface area contributed by atoms with Crippen LogP contribution in [0.15, 0.2) is 42.6 Å². The van der Waals surface area contributed by atoms with Crippen LogP contribution in [-0.4, -0.2) is 12.1 Å². The number of pyridine rings is 1. The lowest BCUT2D eigenvalue weighted by Crippen LogP contribution is -2.30. The van der Waals surface area contributed by atoms with E-state index in [2.05, 4.69) is 41.6 Å². The van der Waals surface area contributed by atoms with Gasteiger partial charge in [-0.15, -0.1) is 0 Å². The fourth-order valence-electron chi connectivity index (χ4n) is 2.17. The Kier molecular flexibility index (Phi) is 4.49. The SMILES string of the molecule is COc1ncccc1C(Cc1cccc(C)c1)NN. The molecule has 0 aliphatic heterocycles. The van der Waals surface area contributed by atoms with Crippen LogP contribution in [0.1, 0.15) is 22.7 Å². The Morgan fingerprint density at radius 3 is 2.84 bits per heavy atom. The van der Waals surface area contributed by atoms with Gasteiger partial charge in [-0.25, -0.2) is 4.98 Å². The van der Waals surface area contributed by atoms with Crippen LogP contribution >= 0.6 is 0 Å². The molecule has 2 aromatic rings. The largest absolute Gasteiger partial charge is 0.481 e. The number of ether oxygens (including phenoxy) is 1. The van der Waals surface area contributed by atoms with Crippen molar-refractivity contribution < 1.29 is 4.74 Å². The normalized spacial score (nSPS) is 12.2. The number of aryl methyl sites for hydroxylation is 1. The average molecular weight is 257 g/mol. The molecule has 0 amide bonds. The molecule has 3 N–H and O–H groups in total. The molecular formula is C15H19N3O. The summed E-state index contributed by atoms with van der Waals surface area (Å²) in [7, 11) is 1.62. The van der Waals surface area contributed by atoms with Crippen molar-refractivity contribution in [3.05, 3.63) is 59.3 Å². The van der Waals surface area contributed by atoms with Crippen molar-refractivity contribution in [2.75, 3.05) is 7.11 Å². The van der Waals surface area contributed by atoms with E-state index in [0.717, 1.165) is 12.0 Å². The number of benzene rings is 1. The molecule has 0 aliphatic carbocycles. The average Bonchev–Trinajstić information content (AvgIpc) is 2.45. The monoisotopic (exact) mass is 257 g/mol. The molecule has 100 valence electrons. The summed E-state index contributed by atoms with van der Waals surface area (Å²) in [5.41, 5.74) is 6.28. The summed E-state index contributed by atoms with van der Waals surface area (Å²) >= 11 is 0. The first-order valence-electron chi connectivity index (χ1n) is 6.25. The van der Waals surface area contributed by atoms with Gasteiger partial charge in [0.2, 0.25) is 5.88 Å². The summed E-state index contributed by atoms with van der Waals surface area (Å²) in [4.78, 5) is 4.21. The summed E-state index contributed by atoms with van der Waals surface area (Å²) in [6.45, 7) is 2.08. The van der Waals surface area contributed by atoms with Crippen molar-refractivity contribution in [3.8, 4) is 5.88 Å². The summed E-state index contributed by atoms with van der Waals surface area (Å²) in [6, 6.07) is 12.2. The summed E-state index contributed by atoms with van der Waals surface area (Å²) < 4.78 is 5.28. The van der Waals surface area contributed by atoms with E-state index < -0.39 is 0 Å². The molecule has 1 aromatic heterocycles. The van der Waals surface area contributed by atoms with Crippen LogP contribution in [0.25, 0.3) is 0 Å². The highest BCUT2D eigenvalue weighted by Crippen LogP contribution is 2.25. The fraction of sp³-hybridized carbons (Fsp3) is 0.267. The summed E-state index contributed by atoms with van der Waals surface area (Å²) in [6.07, 6.45) is 2.50. The predicted octanol–water partition coefficient (Wildman–Crippen LogP) is 2.15. The van der Waals surface area contributed by atoms with E-state index in [4.69, 9.17) is 10.6 Å². The van der Waals surface area contributed by atoms with Gasteiger partial charge in [0.25, 0.3) is 0 Å². The molecule has 0 spiro atoms. The van der Waals surface area contributed by atoms with Gasteiger partial charge in [0.1, 0.15) is 0 Å². The van der Waals surface area contributed by atoms with Crippen LogP contribution in [0, 0.1) is 6.92 Å². The van der Waals surface area contributed by atoms with Crippen molar-refractivity contribution >= 4 is 0 Å². The Morgan fingerprint density at radius 1 is 1.32 bits per heavy atom. The minimum absolute atomic E-state index is 0.0227. The summed E-state index contributed by atoms with van der Waals surface area (Å²) in [5, 5.41) is 0. The van der Waals surface area contributed by atoms with Crippen LogP contribution in [-0.2, 0) is 6.42 Å². The van der Waals surface area contributed by atoms with Gasteiger partial charge in [-0.2, -0.15) is 0 Å². The van der Waals surface area contributed by atoms with Crippen molar-refractivity contribution in [1.82, 2.24) is 10.4 Å². The van der Waals surface area contributed by atoms with Crippen LogP contribution in [0.5, 0.6) is 5.88 Å². The van der Waals surface area contributed by atoms with Gasteiger partial charge in [-0.05, 0) is 25.0 Å². The number of hydrazine groups is 1. The minimum atomic E-state index is -0.0227. The zero-order valence-electron chi connectivity index (χ0n) is 11.3. The Hall–Kier alpha value is -1.91. The van der Waals surface area contributed by atoms with E-state index >= 15 is 0 Å². The molecule has 0 saturated carbocycles. The Labute approximate surface area is 113 Å². The molecular weight excluding hydrogens is 238 g/mol. The third kappa shape index (κ3) is 3.30. The van der Waals surface area contributed by atoms with Crippen LogP contribution in [0.3, 0.4) is 0 Å². The molecule has 0 fully saturated rings. The number of hydrogen-bond donors (Lipinski definition) is 2. The van der Waals surface area contributed by atoms with Gasteiger partial charge in [0, 0.05) is 11.8 Å². The van der Waals surface area contributed by atoms with Gasteiger partial charge in [-0.3, -0.25) is 11.3 Å². The van der Waals surface area contributed by atoms with E-state index in [9.17, 15) is 0 Å². The van der Waals surface area contributed by atoms with Crippen LogP contribution < -0.4 is 16.0 Å². The van der Waals surface area contributed by atoms with Crippen molar-refractivity contribution in [2.24, 2.45) is 5.84 Å². The smallest absolute Gasteiger partial charge is 0.217 e. The molecule has 4 heteroatoms. The third-order valence-electron chi connectivity index (χ3n) is 3.09. The zero-order chi connectivity index (χ0) is 13.7. The Morgan fingerprint density at radius 2 is 2.16 bits per heavy atom. The number of hydrogen-bond acceptors (Lipinski definition) is 4. The molecule has 2 rings (SSSR count). The molecule has 0 saturated heterocycles. The number of methoxy groups -OCH3 is 1.